The van der Waals surface area contributed by atoms with Crippen molar-refractivity contribution in [3.8, 4) is 0 Å². The second-order valence-electron chi connectivity index (χ2n) is 3.55. The van der Waals surface area contributed by atoms with Gasteiger partial charge in [0.1, 0.15) is 17.0 Å². The molecule has 0 spiro atoms. The standard InChI is InChI=1S/C9H10ClN3O2/c10-9-4-7(12-6-2-1-3-6)8(5-11-9)13(14)15/h4-6H,1-3H2,(H,11,12). The molecule has 1 aliphatic rings. The summed E-state index contributed by atoms with van der Waals surface area (Å²) in [6, 6.07) is 1.83. The van der Waals surface area contributed by atoms with Gasteiger partial charge in [0.15, 0.2) is 0 Å². The number of pyridine rings is 1. The monoisotopic (exact) mass is 227 g/mol. The first-order valence-electron chi connectivity index (χ1n) is 4.73. The molecule has 5 nitrogen and oxygen atoms in total. The number of aromatic nitrogens is 1. The van der Waals surface area contributed by atoms with Crippen molar-refractivity contribution in [1.82, 2.24) is 4.98 Å². The Morgan fingerprint density at radius 1 is 1.60 bits per heavy atom. The summed E-state index contributed by atoms with van der Waals surface area (Å²) in [6.45, 7) is 0. The van der Waals surface area contributed by atoms with Crippen LogP contribution in [0, 0.1) is 10.1 Å². The van der Waals surface area contributed by atoms with E-state index in [0.717, 1.165) is 12.8 Å². The minimum Gasteiger partial charge on any atom is -0.377 e. The molecule has 1 aromatic heterocycles. The van der Waals surface area contributed by atoms with Crippen molar-refractivity contribution in [1.29, 1.82) is 0 Å². The predicted octanol–water partition coefficient (Wildman–Crippen LogP) is 2.61. The van der Waals surface area contributed by atoms with Crippen LogP contribution in [0.3, 0.4) is 0 Å². The molecule has 0 radical (unpaired) electrons. The van der Waals surface area contributed by atoms with Crippen LogP contribution in [0.1, 0.15) is 19.3 Å². The van der Waals surface area contributed by atoms with Gasteiger partial charge in [0.05, 0.1) is 4.92 Å². The van der Waals surface area contributed by atoms with Crippen molar-refractivity contribution in [3.63, 3.8) is 0 Å². The summed E-state index contributed by atoms with van der Waals surface area (Å²) in [5, 5.41) is 14.1. The van der Waals surface area contributed by atoms with Gasteiger partial charge >= 0.3 is 5.69 Å². The Labute approximate surface area is 91.6 Å². The fourth-order valence-corrected chi connectivity index (χ4v) is 1.61. The lowest BCUT2D eigenvalue weighted by Gasteiger charge is -2.27. The maximum Gasteiger partial charge on any atom is 0.310 e. The van der Waals surface area contributed by atoms with Crippen molar-refractivity contribution in [2.45, 2.75) is 25.3 Å². The average molecular weight is 228 g/mol. The number of halogens is 1. The Morgan fingerprint density at radius 3 is 2.87 bits per heavy atom. The molecule has 1 aliphatic carbocycles. The predicted molar refractivity (Wildman–Crippen MR) is 57.2 cm³/mol. The minimum atomic E-state index is -0.454. The molecule has 0 amide bonds. The van der Waals surface area contributed by atoms with Crippen LogP contribution in [0.5, 0.6) is 0 Å². The number of hydrogen-bond donors (Lipinski definition) is 1. The Bertz CT molecular complexity index is 393. The molecule has 0 aromatic carbocycles. The first-order chi connectivity index (χ1) is 7.16. The van der Waals surface area contributed by atoms with Gasteiger partial charge in [-0.15, -0.1) is 0 Å². The van der Waals surface area contributed by atoms with Gasteiger partial charge in [-0.1, -0.05) is 11.6 Å². The van der Waals surface area contributed by atoms with E-state index in [9.17, 15) is 10.1 Å². The second kappa shape index (κ2) is 4.02. The van der Waals surface area contributed by atoms with E-state index in [1.54, 1.807) is 0 Å². The molecule has 6 heteroatoms. The van der Waals surface area contributed by atoms with Crippen molar-refractivity contribution < 1.29 is 4.92 Å². The highest BCUT2D eigenvalue weighted by Crippen LogP contribution is 2.30. The fraction of sp³-hybridized carbons (Fsp3) is 0.444. The van der Waals surface area contributed by atoms with E-state index in [2.05, 4.69) is 10.3 Å². The second-order valence-corrected chi connectivity index (χ2v) is 3.94. The molecule has 0 aliphatic heterocycles. The van der Waals surface area contributed by atoms with Crippen LogP contribution < -0.4 is 5.32 Å². The molecule has 15 heavy (non-hydrogen) atoms. The smallest absolute Gasteiger partial charge is 0.310 e. The summed E-state index contributed by atoms with van der Waals surface area (Å²) in [6.07, 6.45) is 4.46. The van der Waals surface area contributed by atoms with Crippen LogP contribution in [-0.2, 0) is 0 Å². The molecule has 80 valence electrons. The summed E-state index contributed by atoms with van der Waals surface area (Å²) >= 11 is 5.69. The first kappa shape index (κ1) is 10.2. The lowest BCUT2D eigenvalue weighted by Crippen LogP contribution is -2.27. The number of nitro groups is 1. The summed E-state index contributed by atoms with van der Waals surface area (Å²) in [5.41, 5.74) is 0.441. The van der Waals surface area contributed by atoms with Crippen LogP contribution in [0.4, 0.5) is 11.4 Å². The molecule has 2 rings (SSSR count). The molecule has 0 unspecified atom stereocenters. The van der Waals surface area contributed by atoms with E-state index in [4.69, 9.17) is 11.6 Å². The van der Waals surface area contributed by atoms with Gasteiger partial charge in [-0.05, 0) is 19.3 Å². The summed E-state index contributed by atoms with van der Waals surface area (Å²) in [5.74, 6) is 0. The van der Waals surface area contributed by atoms with E-state index in [-0.39, 0.29) is 10.8 Å². The summed E-state index contributed by atoms with van der Waals surface area (Å²) < 4.78 is 0. The molecule has 1 fully saturated rings. The first-order valence-corrected chi connectivity index (χ1v) is 5.11. The highest BCUT2D eigenvalue weighted by Gasteiger charge is 2.22. The van der Waals surface area contributed by atoms with E-state index in [0.29, 0.717) is 11.7 Å². The highest BCUT2D eigenvalue weighted by atomic mass is 35.5. The number of rotatable bonds is 3. The maximum absolute atomic E-state index is 10.7. The normalized spacial score (nSPS) is 15.8. The van der Waals surface area contributed by atoms with Crippen LogP contribution in [0.25, 0.3) is 0 Å². The third-order valence-corrected chi connectivity index (χ3v) is 2.72. The van der Waals surface area contributed by atoms with Gasteiger partial charge in [-0.3, -0.25) is 10.1 Å². The van der Waals surface area contributed by atoms with Crippen LogP contribution in [0.15, 0.2) is 12.3 Å². The zero-order valence-electron chi connectivity index (χ0n) is 7.94. The van der Waals surface area contributed by atoms with Gasteiger partial charge in [-0.25, -0.2) is 4.98 Å². The zero-order chi connectivity index (χ0) is 10.8. The Morgan fingerprint density at radius 2 is 2.33 bits per heavy atom. The van der Waals surface area contributed by atoms with Crippen LogP contribution >= 0.6 is 11.6 Å². The van der Waals surface area contributed by atoms with Crippen molar-refractivity contribution in [2.75, 3.05) is 5.32 Å². The Balaban J connectivity index is 2.24. The topological polar surface area (TPSA) is 68.1 Å². The highest BCUT2D eigenvalue weighted by molar-refractivity contribution is 6.29. The zero-order valence-corrected chi connectivity index (χ0v) is 8.70. The molecule has 1 heterocycles. The van der Waals surface area contributed by atoms with Crippen LogP contribution in [-0.4, -0.2) is 15.9 Å². The molecule has 0 bridgehead atoms. The molecule has 1 saturated carbocycles. The molecule has 0 saturated heterocycles. The average Bonchev–Trinajstić information content (AvgIpc) is 2.11. The largest absolute Gasteiger partial charge is 0.377 e. The number of hydrogen-bond acceptors (Lipinski definition) is 4. The third-order valence-electron chi connectivity index (χ3n) is 2.51. The quantitative estimate of drug-likeness (QED) is 0.490. The van der Waals surface area contributed by atoms with Crippen molar-refractivity contribution in [3.05, 3.63) is 27.5 Å². The van der Waals surface area contributed by atoms with E-state index < -0.39 is 4.92 Å². The third kappa shape index (κ3) is 2.18. The van der Waals surface area contributed by atoms with Crippen molar-refractivity contribution in [2.24, 2.45) is 0 Å². The minimum absolute atomic E-state index is 0.0219. The Kier molecular flexibility index (Phi) is 2.73. The maximum atomic E-state index is 10.7. The Hall–Kier alpha value is -1.36. The summed E-state index contributed by atoms with van der Waals surface area (Å²) in [7, 11) is 0. The number of anilines is 1. The van der Waals surface area contributed by atoms with Crippen LogP contribution in [0.2, 0.25) is 5.15 Å². The van der Waals surface area contributed by atoms with Gasteiger partial charge in [-0.2, -0.15) is 0 Å². The molecule has 1 aromatic rings. The summed E-state index contributed by atoms with van der Waals surface area (Å²) in [4.78, 5) is 13.9. The number of nitrogens with zero attached hydrogens (tertiary/aromatic N) is 2. The van der Waals surface area contributed by atoms with Gasteiger partial charge < -0.3 is 5.32 Å². The molecule has 1 N–H and O–H groups in total. The van der Waals surface area contributed by atoms with Gasteiger partial charge in [0.25, 0.3) is 0 Å². The van der Waals surface area contributed by atoms with Crippen molar-refractivity contribution >= 4 is 23.0 Å². The number of nitrogens with one attached hydrogen (secondary N) is 1. The molecular formula is C9H10ClN3O2. The van der Waals surface area contributed by atoms with Gasteiger partial charge in [0.2, 0.25) is 0 Å². The lowest BCUT2D eigenvalue weighted by molar-refractivity contribution is -0.384. The van der Waals surface area contributed by atoms with Gasteiger partial charge in [0, 0.05) is 12.1 Å². The van der Waals surface area contributed by atoms with E-state index in [1.165, 1.54) is 18.7 Å². The van der Waals surface area contributed by atoms with E-state index >= 15 is 0 Å². The lowest BCUT2D eigenvalue weighted by atomic mass is 9.93. The molecular weight excluding hydrogens is 218 g/mol. The van der Waals surface area contributed by atoms with E-state index in [1.807, 2.05) is 0 Å². The SMILES string of the molecule is O=[N+]([O-])c1cnc(Cl)cc1NC1CCC1. The fourth-order valence-electron chi connectivity index (χ4n) is 1.46. The molecule has 0 atom stereocenters.